The molecular weight excluding hydrogens is 422 g/mol. The number of thioether (sulfide) groups is 1. The highest BCUT2D eigenvalue weighted by Gasteiger charge is 2.30. The first-order valence-corrected chi connectivity index (χ1v) is 12.1. The second-order valence-corrected chi connectivity index (χ2v) is 10.1. The number of aromatic amines is 1. The van der Waals surface area contributed by atoms with Gasteiger partial charge in [0.2, 0.25) is 0 Å². The van der Waals surface area contributed by atoms with Crippen molar-refractivity contribution in [3.05, 3.63) is 57.6 Å². The minimum Gasteiger partial charge on any atom is -0.309 e. The molecule has 0 aliphatic heterocycles. The van der Waals surface area contributed by atoms with E-state index < -0.39 is 0 Å². The van der Waals surface area contributed by atoms with Crippen molar-refractivity contribution in [2.24, 2.45) is 0 Å². The van der Waals surface area contributed by atoms with E-state index in [1.807, 2.05) is 35.9 Å². The maximum absolute atomic E-state index is 12.9. The fourth-order valence-corrected chi connectivity index (χ4v) is 6.01. The average Bonchev–Trinajstić information content (AvgIpc) is 3.09. The molecular formula is C20H19N5OS3. The van der Waals surface area contributed by atoms with Gasteiger partial charge in [-0.05, 0) is 31.2 Å². The highest BCUT2D eigenvalue weighted by Crippen LogP contribution is 2.41. The molecule has 1 atom stereocenters. The molecule has 0 radical (unpaired) electrons. The lowest BCUT2D eigenvalue weighted by molar-refractivity contribution is 0.679. The van der Waals surface area contributed by atoms with Crippen LogP contribution in [0.3, 0.4) is 0 Å². The van der Waals surface area contributed by atoms with Crippen molar-refractivity contribution < 1.29 is 0 Å². The lowest BCUT2D eigenvalue weighted by Gasteiger charge is -2.12. The third-order valence-electron chi connectivity index (χ3n) is 4.92. The van der Waals surface area contributed by atoms with Gasteiger partial charge in [-0.2, -0.15) is 0 Å². The summed E-state index contributed by atoms with van der Waals surface area (Å²) in [7, 11) is 0. The molecule has 0 spiro atoms. The quantitative estimate of drug-likeness (QED) is 0.314. The van der Waals surface area contributed by atoms with Crippen LogP contribution < -0.4 is 5.56 Å². The van der Waals surface area contributed by atoms with Crippen LogP contribution in [0.5, 0.6) is 0 Å². The first-order chi connectivity index (χ1) is 14.2. The largest absolute Gasteiger partial charge is 0.309 e. The van der Waals surface area contributed by atoms with Crippen LogP contribution in [0.1, 0.15) is 42.6 Å². The molecule has 0 amide bonds. The molecule has 9 heteroatoms. The summed E-state index contributed by atoms with van der Waals surface area (Å²) in [5.74, 6) is 2.21. The Labute approximate surface area is 179 Å². The van der Waals surface area contributed by atoms with E-state index in [-0.39, 0.29) is 10.8 Å². The number of rotatable bonds is 7. The molecule has 29 heavy (non-hydrogen) atoms. The van der Waals surface area contributed by atoms with Gasteiger partial charge < -0.3 is 9.55 Å². The van der Waals surface area contributed by atoms with Gasteiger partial charge in [0.15, 0.2) is 5.16 Å². The first kappa shape index (κ1) is 18.8. The summed E-state index contributed by atoms with van der Waals surface area (Å²) in [6.07, 6.45) is 4.21. The van der Waals surface area contributed by atoms with E-state index in [1.165, 1.54) is 24.2 Å². The van der Waals surface area contributed by atoms with Gasteiger partial charge in [-0.25, -0.2) is 4.98 Å². The number of nitrogens with zero attached hydrogens (tertiary/aromatic N) is 4. The van der Waals surface area contributed by atoms with Crippen molar-refractivity contribution in [2.75, 3.05) is 0 Å². The van der Waals surface area contributed by atoms with Gasteiger partial charge >= 0.3 is 0 Å². The third kappa shape index (κ3) is 3.47. The molecule has 1 saturated carbocycles. The van der Waals surface area contributed by atoms with Crippen LogP contribution in [0.4, 0.5) is 0 Å². The predicted molar refractivity (Wildman–Crippen MR) is 120 cm³/mol. The van der Waals surface area contributed by atoms with Gasteiger partial charge in [-0.15, -0.1) is 39.4 Å². The monoisotopic (exact) mass is 441 g/mol. The molecule has 4 aromatic rings. The topological polar surface area (TPSA) is 76.5 Å². The number of H-pyrrole nitrogens is 1. The number of fused-ring (bicyclic) bond motifs is 1. The summed E-state index contributed by atoms with van der Waals surface area (Å²) < 4.78 is 2.13. The standard InChI is InChI=1S/C20H19N5OS3/c1-3-8-25-17(12-6-7-12)23-24-20(25)29-11(2)16-21-18(26)15-13(10-28-19(15)22-16)14-5-4-9-27-14/h3-5,9-12H,1,6-8H2,2H3,(H,21,22,26). The van der Waals surface area contributed by atoms with E-state index in [2.05, 4.69) is 26.3 Å². The highest BCUT2D eigenvalue weighted by molar-refractivity contribution is 7.99. The molecule has 5 rings (SSSR count). The lowest BCUT2D eigenvalue weighted by Crippen LogP contribution is -2.12. The Bertz CT molecular complexity index is 1230. The van der Waals surface area contributed by atoms with E-state index >= 15 is 0 Å². The van der Waals surface area contributed by atoms with Gasteiger partial charge in [0.1, 0.15) is 16.5 Å². The number of hydrogen-bond acceptors (Lipinski definition) is 7. The highest BCUT2D eigenvalue weighted by atomic mass is 32.2. The summed E-state index contributed by atoms with van der Waals surface area (Å²) in [6, 6.07) is 4.02. The summed E-state index contributed by atoms with van der Waals surface area (Å²) in [4.78, 5) is 22.5. The minimum absolute atomic E-state index is 0.0563. The molecule has 1 fully saturated rings. The number of thiophene rings is 2. The summed E-state index contributed by atoms with van der Waals surface area (Å²) in [5.41, 5.74) is 0.869. The lowest BCUT2D eigenvalue weighted by atomic mass is 10.2. The summed E-state index contributed by atoms with van der Waals surface area (Å²) in [5, 5.41) is 14.3. The zero-order valence-electron chi connectivity index (χ0n) is 15.8. The fourth-order valence-electron chi connectivity index (χ4n) is 3.32. The third-order valence-corrected chi connectivity index (χ3v) is 7.78. The Morgan fingerprint density at radius 1 is 1.41 bits per heavy atom. The molecule has 4 heterocycles. The molecule has 1 N–H and O–H groups in total. The van der Waals surface area contributed by atoms with E-state index in [0.29, 0.717) is 23.7 Å². The molecule has 1 unspecified atom stereocenters. The number of aromatic nitrogens is 5. The van der Waals surface area contributed by atoms with Crippen LogP contribution in [0.15, 0.2) is 45.5 Å². The molecule has 1 aliphatic rings. The second kappa shape index (κ2) is 7.55. The molecule has 6 nitrogen and oxygen atoms in total. The zero-order chi connectivity index (χ0) is 20.0. The van der Waals surface area contributed by atoms with E-state index in [0.717, 1.165) is 26.3 Å². The number of hydrogen-bond donors (Lipinski definition) is 1. The van der Waals surface area contributed by atoms with Crippen molar-refractivity contribution in [3.63, 3.8) is 0 Å². The van der Waals surface area contributed by atoms with Gasteiger partial charge in [0.05, 0.1) is 10.6 Å². The molecule has 148 valence electrons. The van der Waals surface area contributed by atoms with Gasteiger partial charge in [-0.3, -0.25) is 4.79 Å². The molecule has 0 aromatic carbocycles. The Morgan fingerprint density at radius 3 is 3.00 bits per heavy atom. The maximum atomic E-state index is 12.9. The fraction of sp³-hybridized carbons (Fsp3) is 0.300. The van der Waals surface area contributed by atoms with Crippen LogP contribution in [0.2, 0.25) is 0 Å². The summed E-state index contributed by atoms with van der Waals surface area (Å²) in [6.45, 7) is 6.58. The molecule has 1 aliphatic carbocycles. The van der Waals surface area contributed by atoms with Crippen molar-refractivity contribution in [1.29, 1.82) is 0 Å². The minimum atomic E-state index is -0.0895. The second-order valence-electron chi connectivity index (χ2n) is 7.03. The number of allylic oxidation sites excluding steroid dienone is 1. The van der Waals surface area contributed by atoms with Gasteiger partial charge in [0.25, 0.3) is 5.56 Å². The van der Waals surface area contributed by atoms with Crippen LogP contribution in [0.25, 0.3) is 20.7 Å². The van der Waals surface area contributed by atoms with E-state index in [4.69, 9.17) is 4.98 Å². The average molecular weight is 442 g/mol. The van der Waals surface area contributed by atoms with Gasteiger partial charge in [-0.1, -0.05) is 23.9 Å². The zero-order valence-corrected chi connectivity index (χ0v) is 18.2. The summed E-state index contributed by atoms with van der Waals surface area (Å²) >= 11 is 4.71. The smallest absolute Gasteiger partial charge is 0.260 e. The molecule has 0 bridgehead atoms. The van der Waals surface area contributed by atoms with Crippen LogP contribution in [-0.4, -0.2) is 24.7 Å². The Balaban J connectivity index is 1.47. The van der Waals surface area contributed by atoms with E-state index in [1.54, 1.807) is 23.1 Å². The normalized spacial score (nSPS) is 15.1. The van der Waals surface area contributed by atoms with Crippen molar-refractivity contribution >= 4 is 44.7 Å². The predicted octanol–water partition coefficient (Wildman–Crippen LogP) is 5.22. The van der Waals surface area contributed by atoms with Crippen LogP contribution in [-0.2, 0) is 6.54 Å². The van der Waals surface area contributed by atoms with Crippen LogP contribution in [0, 0.1) is 0 Å². The van der Waals surface area contributed by atoms with Crippen molar-refractivity contribution in [2.45, 2.75) is 42.6 Å². The van der Waals surface area contributed by atoms with Crippen molar-refractivity contribution in [1.82, 2.24) is 24.7 Å². The maximum Gasteiger partial charge on any atom is 0.260 e. The Hall–Kier alpha value is -2.23. The number of nitrogens with one attached hydrogen (secondary N) is 1. The van der Waals surface area contributed by atoms with Gasteiger partial charge in [0, 0.05) is 28.3 Å². The van der Waals surface area contributed by atoms with Crippen LogP contribution >= 0.6 is 34.4 Å². The van der Waals surface area contributed by atoms with E-state index in [9.17, 15) is 4.79 Å². The molecule has 0 saturated heterocycles. The SMILES string of the molecule is C=CCn1c(SC(C)c2nc3scc(-c4cccs4)c3c(=O)[nH]2)nnc1C1CC1. The Kier molecular flexibility index (Phi) is 4.89. The Morgan fingerprint density at radius 2 is 2.28 bits per heavy atom. The first-order valence-electron chi connectivity index (χ1n) is 9.41. The van der Waals surface area contributed by atoms with Crippen molar-refractivity contribution in [3.8, 4) is 10.4 Å². The molecule has 4 aromatic heterocycles.